The first kappa shape index (κ1) is 15.8. The molecule has 0 N–H and O–H groups in total. The molecule has 0 amide bonds. The van der Waals surface area contributed by atoms with E-state index in [0.29, 0.717) is 10.9 Å². The third-order valence-corrected chi connectivity index (χ3v) is 5.20. The monoisotopic (exact) mass is 405 g/mol. The van der Waals surface area contributed by atoms with E-state index >= 15 is 0 Å². The molecule has 1 fully saturated rings. The van der Waals surface area contributed by atoms with Gasteiger partial charge in [0.15, 0.2) is 0 Å². The van der Waals surface area contributed by atoms with Gasteiger partial charge in [0.1, 0.15) is 18.5 Å². The van der Waals surface area contributed by atoms with Gasteiger partial charge in [-0.15, -0.1) is 0 Å². The molecule has 0 radical (unpaired) electrons. The quantitative estimate of drug-likeness (QED) is 0.655. The van der Waals surface area contributed by atoms with Crippen LogP contribution in [0.15, 0.2) is 41.4 Å². The summed E-state index contributed by atoms with van der Waals surface area (Å²) in [7, 11) is 0. The number of anilines is 1. The Morgan fingerprint density at radius 1 is 1.29 bits per heavy atom. The van der Waals surface area contributed by atoms with E-state index in [1.165, 1.54) is 6.42 Å². The number of pyridine rings is 1. The molecule has 5 nitrogen and oxygen atoms in total. The molecule has 7 heteroatoms. The highest BCUT2D eigenvalue weighted by Crippen LogP contribution is 2.30. The molecule has 2 aromatic heterocycles. The van der Waals surface area contributed by atoms with Crippen LogP contribution in [0.2, 0.25) is 5.02 Å². The summed E-state index contributed by atoms with van der Waals surface area (Å²) in [5.74, 6) is 1.55. The Hall–Kier alpha value is -1.66. The predicted octanol–water partition coefficient (Wildman–Crippen LogP) is 4.16. The van der Waals surface area contributed by atoms with E-state index < -0.39 is 0 Å². The zero-order valence-corrected chi connectivity index (χ0v) is 15.4. The number of nitrogens with zero attached hydrogens (tertiary/aromatic N) is 5. The summed E-state index contributed by atoms with van der Waals surface area (Å²) in [6, 6.07) is 8.12. The molecule has 1 saturated heterocycles. The van der Waals surface area contributed by atoms with Crippen LogP contribution < -0.4 is 4.90 Å². The van der Waals surface area contributed by atoms with Crippen molar-refractivity contribution in [1.82, 2.24) is 19.7 Å². The van der Waals surface area contributed by atoms with Gasteiger partial charge in [-0.2, -0.15) is 5.10 Å². The molecule has 0 bridgehead atoms. The van der Waals surface area contributed by atoms with Crippen molar-refractivity contribution in [2.75, 3.05) is 18.0 Å². The average Bonchev–Trinajstić information content (AvgIpc) is 3.08. The van der Waals surface area contributed by atoms with Gasteiger partial charge in [-0.1, -0.05) is 27.5 Å². The summed E-state index contributed by atoms with van der Waals surface area (Å²) in [5, 5.41) is 5.95. The van der Waals surface area contributed by atoms with Crippen molar-refractivity contribution in [3.8, 4) is 0 Å². The largest absolute Gasteiger partial charge is 0.356 e. The Morgan fingerprint density at radius 2 is 2.21 bits per heavy atom. The Labute approximate surface area is 153 Å². The van der Waals surface area contributed by atoms with Crippen molar-refractivity contribution in [3.63, 3.8) is 0 Å². The van der Waals surface area contributed by atoms with Crippen LogP contribution in [-0.4, -0.2) is 32.8 Å². The van der Waals surface area contributed by atoms with Crippen molar-refractivity contribution in [2.24, 2.45) is 5.92 Å². The lowest BCUT2D eigenvalue weighted by Gasteiger charge is -2.33. The van der Waals surface area contributed by atoms with Gasteiger partial charge in [0.25, 0.3) is 0 Å². The topological polar surface area (TPSA) is 46.8 Å². The summed E-state index contributed by atoms with van der Waals surface area (Å²) in [6.45, 7) is 2.91. The number of benzene rings is 1. The molecule has 1 atom stereocenters. The number of piperidine rings is 1. The first-order valence-corrected chi connectivity index (χ1v) is 9.19. The maximum atomic E-state index is 6.37. The number of hydrogen-bond donors (Lipinski definition) is 0. The SMILES string of the molecule is Clc1cc(Br)cc2ccc(N3CCCC(Cn4cncn4)C3)nc12. The van der Waals surface area contributed by atoms with E-state index in [1.807, 2.05) is 16.8 Å². The molecular weight excluding hydrogens is 390 g/mol. The third kappa shape index (κ3) is 3.26. The second-order valence-electron chi connectivity index (χ2n) is 6.20. The van der Waals surface area contributed by atoms with Crippen molar-refractivity contribution in [2.45, 2.75) is 19.4 Å². The standard InChI is InChI=1S/C17H17BrClN5/c18-14-6-13-3-4-16(22-17(13)15(19)7-14)23-5-1-2-12(8-23)9-24-11-20-10-21-24/h3-4,6-7,10-12H,1-2,5,8-9H2. The second-order valence-corrected chi connectivity index (χ2v) is 7.52. The van der Waals surface area contributed by atoms with Gasteiger partial charge in [-0.05, 0) is 43.0 Å². The normalized spacial score (nSPS) is 18.2. The minimum absolute atomic E-state index is 0.554. The van der Waals surface area contributed by atoms with Crippen LogP contribution in [0.5, 0.6) is 0 Å². The molecule has 1 aliphatic rings. The Kier molecular flexibility index (Phi) is 4.41. The van der Waals surface area contributed by atoms with Gasteiger partial charge in [0.2, 0.25) is 0 Å². The molecule has 24 heavy (non-hydrogen) atoms. The fourth-order valence-corrected chi connectivity index (χ4v) is 4.21. The molecule has 1 unspecified atom stereocenters. The average molecular weight is 407 g/mol. The van der Waals surface area contributed by atoms with Crippen LogP contribution in [-0.2, 0) is 6.54 Å². The molecule has 1 aliphatic heterocycles. The zero-order valence-electron chi connectivity index (χ0n) is 13.1. The Balaban J connectivity index is 1.57. The van der Waals surface area contributed by atoms with Crippen LogP contribution in [0.1, 0.15) is 12.8 Å². The first-order valence-electron chi connectivity index (χ1n) is 8.02. The molecule has 0 spiro atoms. The van der Waals surface area contributed by atoms with Crippen LogP contribution in [0.25, 0.3) is 10.9 Å². The van der Waals surface area contributed by atoms with Gasteiger partial charge >= 0.3 is 0 Å². The highest BCUT2D eigenvalue weighted by molar-refractivity contribution is 9.10. The fraction of sp³-hybridized carbons (Fsp3) is 0.353. The smallest absolute Gasteiger partial charge is 0.137 e. The van der Waals surface area contributed by atoms with E-state index in [9.17, 15) is 0 Å². The minimum atomic E-state index is 0.554. The molecular formula is C17H17BrClN5. The number of aromatic nitrogens is 4. The van der Waals surface area contributed by atoms with Crippen LogP contribution in [0, 0.1) is 5.92 Å². The zero-order chi connectivity index (χ0) is 16.5. The summed E-state index contributed by atoms with van der Waals surface area (Å²) >= 11 is 9.85. The third-order valence-electron chi connectivity index (χ3n) is 4.45. The molecule has 1 aromatic carbocycles. The van der Waals surface area contributed by atoms with Crippen LogP contribution in [0.4, 0.5) is 5.82 Å². The molecule has 3 heterocycles. The molecule has 4 rings (SSSR count). The van der Waals surface area contributed by atoms with E-state index in [0.717, 1.165) is 47.2 Å². The van der Waals surface area contributed by atoms with E-state index in [4.69, 9.17) is 16.6 Å². The van der Waals surface area contributed by atoms with Gasteiger partial charge in [0, 0.05) is 29.5 Å². The van der Waals surface area contributed by atoms with Crippen LogP contribution in [0.3, 0.4) is 0 Å². The predicted molar refractivity (Wildman–Crippen MR) is 99.4 cm³/mol. The van der Waals surface area contributed by atoms with Crippen molar-refractivity contribution in [1.29, 1.82) is 0 Å². The number of fused-ring (bicyclic) bond motifs is 1. The number of rotatable bonds is 3. The van der Waals surface area contributed by atoms with Gasteiger partial charge in [-0.25, -0.2) is 9.97 Å². The highest BCUT2D eigenvalue weighted by Gasteiger charge is 2.22. The van der Waals surface area contributed by atoms with Gasteiger partial charge in [0.05, 0.1) is 10.5 Å². The van der Waals surface area contributed by atoms with Gasteiger partial charge in [-0.3, -0.25) is 4.68 Å². The highest BCUT2D eigenvalue weighted by atomic mass is 79.9. The fourth-order valence-electron chi connectivity index (χ4n) is 3.34. The number of hydrogen-bond acceptors (Lipinski definition) is 4. The minimum Gasteiger partial charge on any atom is -0.356 e. The Morgan fingerprint density at radius 3 is 3.04 bits per heavy atom. The van der Waals surface area contributed by atoms with Crippen LogP contribution >= 0.6 is 27.5 Å². The molecule has 0 aliphatic carbocycles. The lowest BCUT2D eigenvalue weighted by Crippen LogP contribution is -2.37. The lowest BCUT2D eigenvalue weighted by atomic mass is 9.98. The van der Waals surface area contributed by atoms with E-state index in [1.54, 1.807) is 12.7 Å². The van der Waals surface area contributed by atoms with Crippen molar-refractivity contribution in [3.05, 3.63) is 46.4 Å². The maximum absolute atomic E-state index is 6.37. The van der Waals surface area contributed by atoms with Crippen molar-refractivity contribution >= 4 is 44.3 Å². The van der Waals surface area contributed by atoms with E-state index in [-0.39, 0.29) is 0 Å². The Bertz CT molecular complexity index is 852. The summed E-state index contributed by atoms with van der Waals surface area (Å²) in [5.41, 5.74) is 0.857. The number of halogens is 2. The second kappa shape index (κ2) is 6.69. The summed E-state index contributed by atoms with van der Waals surface area (Å²) in [6.07, 6.45) is 5.74. The van der Waals surface area contributed by atoms with E-state index in [2.05, 4.69) is 43.0 Å². The molecule has 124 valence electrons. The lowest BCUT2D eigenvalue weighted by molar-refractivity contribution is 0.350. The van der Waals surface area contributed by atoms with Gasteiger partial charge < -0.3 is 4.90 Å². The van der Waals surface area contributed by atoms with Crippen molar-refractivity contribution < 1.29 is 0 Å². The summed E-state index contributed by atoms with van der Waals surface area (Å²) in [4.78, 5) is 11.2. The maximum Gasteiger partial charge on any atom is 0.137 e. The molecule has 3 aromatic rings. The molecule has 0 saturated carbocycles. The first-order chi connectivity index (χ1) is 11.7. The summed E-state index contributed by atoms with van der Waals surface area (Å²) < 4.78 is 2.89.